The monoisotopic (exact) mass is 238 g/mol. The van der Waals surface area contributed by atoms with Gasteiger partial charge in [0, 0.05) is 19.3 Å². The highest BCUT2D eigenvalue weighted by Crippen LogP contribution is 2.16. The molecule has 2 heterocycles. The van der Waals surface area contributed by atoms with E-state index in [0.29, 0.717) is 18.4 Å². The largest absolute Gasteiger partial charge is 0.476 e. The first-order valence-electron chi connectivity index (χ1n) is 5.53. The summed E-state index contributed by atoms with van der Waals surface area (Å²) in [6.45, 7) is 2.12. The van der Waals surface area contributed by atoms with Gasteiger partial charge in [-0.25, -0.2) is 4.79 Å². The minimum absolute atomic E-state index is 0.0802. The van der Waals surface area contributed by atoms with Crippen LogP contribution in [0.25, 0.3) is 0 Å². The molecule has 6 heteroatoms. The first kappa shape index (κ1) is 11.8. The van der Waals surface area contributed by atoms with Crippen molar-refractivity contribution in [2.75, 3.05) is 19.8 Å². The number of carboxylic acids is 1. The molecule has 1 aliphatic heterocycles. The van der Waals surface area contributed by atoms with Gasteiger partial charge in [0.25, 0.3) is 0 Å². The minimum Gasteiger partial charge on any atom is -0.476 e. The number of aromatic nitrogens is 2. The van der Waals surface area contributed by atoms with Gasteiger partial charge in [-0.1, -0.05) is 0 Å². The fraction of sp³-hybridized carbons (Fsp3) is 0.545. The van der Waals surface area contributed by atoms with Gasteiger partial charge in [0.2, 0.25) is 5.88 Å². The molecule has 1 N–H and O–H groups in total. The molecule has 92 valence electrons. The average Bonchev–Trinajstić information content (AvgIpc) is 2.38. The zero-order valence-electron chi connectivity index (χ0n) is 9.33. The Labute approximate surface area is 98.6 Å². The van der Waals surface area contributed by atoms with E-state index in [1.165, 1.54) is 12.1 Å². The highest BCUT2D eigenvalue weighted by Gasteiger charge is 2.15. The van der Waals surface area contributed by atoms with Crippen molar-refractivity contribution >= 4 is 5.97 Å². The number of hydrogen-bond acceptors (Lipinski definition) is 5. The normalized spacial score (nSPS) is 16.7. The van der Waals surface area contributed by atoms with Crippen LogP contribution in [0.15, 0.2) is 12.1 Å². The van der Waals surface area contributed by atoms with E-state index in [-0.39, 0.29) is 5.69 Å². The number of carbonyl (C=O) groups is 1. The predicted octanol–water partition coefficient (Wildman–Crippen LogP) is 0.980. The van der Waals surface area contributed by atoms with Crippen molar-refractivity contribution in [3.05, 3.63) is 17.8 Å². The van der Waals surface area contributed by atoms with Crippen LogP contribution in [0.3, 0.4) is 0 Å². The lowest BCUT2D eigenvalue weighted by Crippen LogP contribution is -2.21. The Morgan fingerprint density at radius 2 is 2.18 bits per heavy atom. The highest BCUT2D eigenvalue weighted by molar-refractivity contribution is 5.84. The molecule has 2 rings (SSSR count). The number of rotatable bonds is 4. The lowest BCUT2D eigenvalue weighted by molar-refractivity contribution is 0.0488. The van der Waals surface area contributed by atoms with Gasteiger partial charge in [-0.2, -0.15) is 0 Å². The van der Waals surface area contributed by atoms with Gasteiger partial charge in [-0.3, -0.25) is 0 Å². The molecule has 1 aromatic rings. The Kier molecular flexibility index (Phi) is 3.87. The molecule has 0 radical (unpaired) electrons. The molecule has 1 saturated heterocycles. The van der Waals surface area contributed by atoms with Crippen molar-refractivity contribution < 1.29 is 19.4 Å². The van der Waals surface area contributed by atoms with Crippen molar-refractivity contribution in [1.29, 1.82) is 0 Å². The van der Waals surface area contributed by atoms with E-state index < -0.39 is 5.97 Å². The van der Waals surface area contributed by atoms with Crippen LogP contribution in [0.4, 0.5) is 0 Å². The third kappa shape index (κ3) is 3.39. The Hall–Kier alpha value is -1.69. The van der Waals surface area contributed by atoms with Gasteiger partial charge in [-0.05, 0) is 24.8 Å². The van der Waals surface area contributed by atoms with E-state index in [2.05, 4.69) is 10.2 Å². The summed E-state index contributed by atoms with van der Waals surface area (Å²) in [5.74, 6) is -0.250. The SMILES string of the molecule is O=C(O)c1ccc(OCC2CCOCC2)nn1. The first-order valence-corrected chi connectivity index (χ1v) is 5.53. The topological polar surface area (TPSA) is 81.5 Å². The Balaban J connectivity index is 1.84. The molecule has 0 amide bonds. The van der Waals surface area contributed by atoms with Gasteiger partial charge < -0.3 is 14.6 Å². The van der Waals surface area contributed by atoms with Crippen LogP contribution < -0.4 is 4.74 Å². The van der Waals surface area contributed by atoms with Crippen LogP contribution in [0.1, 0.15) is 23.3 Å². The molecule has 0 aliphatic carbocycles. The summed E-state index contributed by atoms with van der Waals surface area (Å²) in [7, 11) is 0. The summed E-state index contributed by atoms with van der Waals surface area (Å²) < 4.78 is 10.7. The smallest absolute Gasteiger partial charge is 0.356 e. The molecular formula is C11H14N2O4. The molecule has 17 heavy (non-hydrogen) atoms. The Morgan fingerprint density at radius 1 is 1.41 bits per heavy atom. The summed E-state index contributed by atoms with van der Waals surface area (Å²) in [6, 6.07) is 2.91. The van der Waals surface area contributed by atoms with Crippen molar-refractivity contribution in [2.24, 2.45) is 5.92 Å². The van der Waals surface area contributed by atoms with Gasteiger partial charge in [0.15, 0.2) is 5.69 Å². The molecule has 1 aromatic heterocycles. The first-order chi connectivity index (χ1) is 8.25. The number of nitrogens with zero attached hydrogens (tertiary/aromatic N) is 2. The van der Waals surface area contributed by atoms with Crippen molar-refractivity contribution in [3.8, 4) is 5.88 Å². The standard InChI is InChI=1S/C11H14N2O4/c14-11(15)9-1-2-10(13-12-9)17-7-8-3-5-16-6-4-8/h1-2,8H,3-7H2,(H,14,15). The average molecular weight is 238 g/mol. The van der Waals surface area contributed by atoms with Crippen molar-refractivity contribution in [3.63, 3.8) is 0 Å². The third-order valence-corrected chi connectivity index (χ3v) is 2.67. The second-order valence-electron chi connectivity index (χ2n) is 3.93. The maximum absolute atomic E-state index is 10.6. The molecule has 0 spiro atoms. The lowest BCUT2D eigenvalue weighted by Gasteiger charge is -2.21. The molecule has 1 aliphatic rings. The minimum atomic E-state index is -1.09. The van der Waals surface area contributed by atoms with E-state index in [9.17, 15) is 4.79 Å². The fourth-order valence-corrected chi connectivity index (χ4v) is 1.63. The summed E-state index contributed by atoms with van der Waals surface area (Å²) in [6.07, 6.45) is 1.97. The van der Waals surface area contributed by atoms with Crippen LogP contribution in [0, 0.1) is 5.92 Å². The zero-order valence-corrected chi connectivity index (χ0v) is 9.33. The van der Waals surface area contributed by atoms with Crippen molar-refractivity contribution in [1.82, 2.24) is 10.2 Å². The maximum Gasteiger partial charge on any atom is 0.356 e. The number of aromatic carboxylic acids is 1. The molecule has 0 unspecified atom stereocenters. The maximum atomic E-state index is 10.6. The lowest BCUT2D eigenvalue weighted by atomic mass is 10.0. The molecule has 0 atom stereocenters. The van der Waals surface area contributed by atoms with Crippen molar-refractivity contribution in [2.45, 2.75) is 12.8 Å². The second-order valence-corrected chi connectivity index (χ2v) is 3.93. The number of hydrogen-bond donors (Lipinski definition) is 1. The van der Waals surface area contributed by atoms with Gasteiger partial charge >= 0.3 is 5.97 Å². The molecule has 0 saturated carbocycles. The molecule has 6 nitrogen and oxygen atoms in total. The van der Waals surface area contributed by atoms with E-state index >= 15 is 0 Å². The summed E-state index contributed by atoms with van der Waals surface area (Å²) >= 11 is 0. The van der Waals surface area contributed by atoms with Crippen LogP contribution in [-0.4, -0.2) is 41.1 Å². The van der Waals surface area contributed by atoms with E-state index in [0.717, 1.165) is 26.1 Å². The molecule has 0 bridgehead atoms. The quantitative estimate of drug-likeness (QED) is 0.842. The second kappa shape index (κ2) is 5.58. The summed E-state index contributed by atoms with van der Waals surface area (Å²) in [5.41, 5.74) is -0.0802. The van der Waals surface area contributed by atoms with E-state index in [1.54, 1.807) is 0 Å². The van der Waals surface area contributed by atoms with Gasteiger partial charge in [0.05, 0.1) is 6.61 Å². The highest BCUT2D eigenvalue weighted by atomic mass is 16.5. The molecule has 0 aromatic carbocycles. The van der Waals surface area contributed by atoms with Crippen LogP contribution in [0.5, 0.6) is 5.88 Å². The van der Waals surface area contributed by atoms with E-state index in [1.807, 2.05) is 0 Å². The van der Waals surface area contributed by atoms with Gasteiger partial charge in [0.1, 0.15) is 0 Å². The predicted molar refractivity (Wildman–Crippen MR) is 58.0 cm³/mol. The van der Waals surface area contributed by atoms with E-state index in [4.69, 9.17) is 14.6 Å². The summed E-state index contributed by atoms with van der Waals surface area (Å²) in [5, 5.41) is 15.9. The zero-order chi connectivity index (χ0) is 12.1. The number of carboxylic acid groups (broad SMARTS) is 1. The fourth-order valence-electron chi connectivity index (χ4n) is 1.63. The van der Waals surface area contributed by atoms with Crippen LogP contribution in [-0.2, 0) is 4.74 Å². The third-order valence-electron chi connectivity index (χ3n) is 2.67. The molecular weight excluding hydrogens is 224 g/mol. The summed E-state index contributed by atoms with van der Waals surface area (Å²) in [4.78, 5) is 10.6. The Bertz CT molecular complexity index is 374. The van der Waals surface area contributed by atoms with Crippen LogP contribution >= 0.6 is 0 Å². The van der Waals surface area contributed by atoms with Crippen LogP contribution in [0.2, 0.25) is 0 Å². The van der Waals surface area contributed by atoms with Gasteiger partial charge in [-0.15, -0.1) is 10.2 Å². The number of ether oxygens (including phenoxy) is 2. The Morgan fingerprint density at radius 3 is 2.76 bits per heavy atom. The molecule has 1 fully saturated rings.